The van der Waals surface area contributed by atoms with Crippen LogP contribution < -0.4 is 10.2 Å². The van der Waals surface area contributed by atoms with E-state index in [0.29, 0.717) is 17.1 Å². The van der Waals surface area contributed by atoms with Gasteiger partial charge >= 0.3 is 5.97 Å². The number of thiophene rings is 1. The topological polar surface area (TPSA) is 59.8 Å². The van der Waals surface area contributed by atoms with Crippen LogP contribution in [-0.2, 0) is 9.53 Å². The van der Waals surface area contributed by atoms with Crippen molar-refractivity contribution in [3.63, 3.8) is 0 Å². The lowest BCUT2D eigenvalue weighted by atomic mass is 9.99. The average molecular weight is 452 g/mol. The molecule has 0 aliphatic carbocycles. The number of rotatable bonds is 5. The molecule has 3 rings (SSSR count). The van der Waals surface area contributed by atoms with Crippen molar-refractivity contribution in [2.45, 2.75) is 19.8 Å². The summed E-state index contributed by atoms with van der Waals surface area (Å²) in [6, 6.07) is 9.62. The van der Waals surface area contributed by atoms with Gasteiger partial charge in [-0.2, -0.15) is 0 Å². The van der Waals surface area contributed by atoms with Crippen LogP contribution in [0.2, 0.25) is 0 Å². The van der Waals surface area contributed by atoms with Gasteiger partial charge in [-0.3, -0.25) is 4.79 Å². The minimum absolute atomic E-state index is 0.0712. The number of ether oxygens (including phenoxy) is 1. The van der Waals surface area contributed by atoms with Crippen LogP contribution in [0.4, 0.5) is 5.00 Å². The number of nitrogens with one attached hydrogen (secondary N) is 2. The third-order valence-corrected chi connectivity index (χ3v) is 6.74. The summed E-state index contributed by atoms with van der Waals surface area (Å²) in [5, 5.41) is 3.47. The lowest BCUT2D eigenvalue weighted by Crippen LogP contribution is -3.14. The molecule has 1 aromatic heterocycles. The van der Waals surface area contributed by atoms with Gasteiger partial charge in [0.15, 0.2) is 6.54 Å². The molecule has 0 unspecified atom stereocenters. The molecule has 2 heterocycles. The number of piperidine rings is 1. The van der Waals surface area contributed by atoms with E-state index in [1.165, 1.54) is 23.3 Å². The van der Waals surface area contributed by atoms with Gasteiger partial charge in [-0.15, -0.1) is 11.3 Å². The van der Waals surface area contributed by atoms with Gasteiger partial charge in [0.05, 0.1) is 24.0 Å². The Labute approximate surface area is 171 Å². The van der Waals surface area contributed by atoms with Crippen molar-refractivity contribution in [2.75, 3.05) is 32.1 Å². The lowest BCUT2D eigenvalue weighted by molar-refractivity contribution is -0.897. The molecular formula is C20H24BrN2O3S+. The van der Waals surface area contributed by atoms with Crippen LogP contribution in [-0.4, -0.2) is 38.6 Å². The summed E-state index contributed by atoms with van der Waals surface area (Å²) in [6.45, 7) is 4.71. The molecule has 0 saturated carbocycles. The minimum atomic E-state index is -0.453. The van der Waals surface area contributed by atoms with E-state index >= 15 is 0 Å². The molecule has 2 aromatic rings. The van der Waals surface area contributed by atoms with E-state index in [1.807, 2.05) is 30.3 Å². The number of amides is 1. The summed E-state index contributed by atoms with van der Waals surface area (Å²) in [5.74, 6) is 0.215. The fourth-order valence-electron chi connectivity index (χ4n) is 3.40. The number of quaternary nitrogens is 1. The van der Waals surface area contributed by atoms with Gasteiger partial charge in [-0.25, -0.2) is 4.79 Å². The average Bonchev–Trinajstić information content (AvgIpc) is 2.99. The van der Waals surface area contributed by atoms with Crippen LogP contribution in [0.1, 0.15) is 30.1 Å². The van der Waals surface area contributed by atoms with E-state index in [-0.39, 0.29) is 5.91 Å². The Morgan fingerprint density at radius 3 is 2.56 bits per heavy atom. The molecule has 1 fully saturated rings. The summed E-state index contributed by atoms with van der Waals surface area (Å²) in [7, 11) is 1.35. The number of hydrogen-bond acceptors (Lipinski definition) is 4. The van der Waals surface area contributed by atoms with Gasteiger partial charge in [0.1, 0.15) is 10.6 Å². The second kappa shape index (κ2) is 8.99. The van der Waals surface area contributed by atoms with Crippen molar-refractivity contribution in [3.8, 4) is 11.1 Å². The minimum Gasteiger partial charge on any atom is -0.465 e. The van der Waals surface area contributed by atoms with Crippen molar-refractivity contribution in [3.05, 3.63) is 39.7 Å². The predicted octanol–water partition coefficient (Wildman–Crippen LogP) is 3.22. The predicted molar refractivity (Wildman–Crippen MR) is 111 cm³/mol. The van der Waals surface area contributed by atoms with Crippen molar-refractivity contribution >= 4 is 44.1 Å². The summed E-state index contributed by atoms with van der Waals surface area (Å²) >= 11 is 4.90. The Balaban J connectivity index is 1.83. The standard InChI is InChI=1S/C20H23BrN2O3S/c1-13-8-10-23(11-9-13)12-15(24)22-19-17(20(25)26-2)16(18(21)27-19)14-6-4-3-5-7-14/h3-7,13H,8-12H2,1-2H3,(H,22,24)/p+1. The van der Waals surface area contributed by atoms with Crippen LogP contribution in [0.25, 0.3) is 11.1 Å². The molecular weight excluding hydrogens is 428 g/mol. The van der Waals surface area contributed by atoms with E-state index in [1.54, 1.807) is 0 Å². The second-order valence-electron chi connectivity index (χ2n) is 6.97. The fraction of sp³-hybridized carbons (Fsp3) is 0.400. The third kappa shape index (κ3) is 4.78. The smallest absolute Gasteiger partial charge is 0.341 e. The Morgan fingerprint density at radius 2 is 1.93 bits per heavy atom. The summed E-state index contributed by atoms with van der Waals surface area (Å²) in [4.78, 5) is 26.3. The normalized spacial score (nSPS) is 19.5. The Morgan fingerprint density at radius 1 is 1.26 bits per heavy atom. The van der Waals surface area contributed by atoms with E-state index in [4.69, 9.17) is 4.74 Å². The zero-order valence-electron chi connectivity index (χ0n) is 15.5. The molecule has 1 aliphatic heterocycles. The summed E-state index contributed by atoms with van der Waals surface area (Å²) < 4.78 is 5.78. The van der Waals surface area contributed by atoms with Gasteiger partial charge in [-0.1, -0.05) is 37.3 Å². The van der Waals surface area contributed by atoms with Gasteiger partial charge in [0, 0.05) is 5.56 Å². The number of methoxy groups -OCH3 is 1. The SMILES string of the molecule is COC(=O)c1c(NC(=O)C[NH+]2CCC(C)CC2)sc(Br)c1-c1ccccc1. The zero-order chi connectivity index (χ0) is 19.4. The molecule has 1 amide bonds. The quantitative estimate of drug-likeness (QED) is 0.686. The van der Waals surface area contributed by atoms with Crippen LogP contribution >= 0.6 is 27.3 Å². The molecule has 0 spiro atoms. The number of likely N-dealkylation sites (tertiary alicyclic amines) is 1. The molecule has 1 aromatic carbocycles. The monoisotopic (exact) mass is 451 g/mol. The highest BCUT2D eigenvalue weighted by atomic mass is 79.9. The van der Waals surface area contributed by atoms with Gasteiger partial charge in [-0.05, 0) is 40.3 Å². The number of esters is 1. The molecule has 0 radical (unpaired) electrons. The number of anilines is 1. The maximum absolute atomic E-state index is 12.6. The number of carbonyl (C=O) groups excluding carboxylic acids is 2. The largest absolute Gasteiger partial charge is 0.465 e. The number of benzene rings is 1. The highest BCUT2D eigenvalue weighted by molar-refractivity contribution is 9.11. The zero-order valence-corrected chi connectivity index (χ0v) is 17.9. The molecule has 2 N–H and O–H groups in total. The highest BCUT2D eigenvalue weighted by Gasteiger charge is 2.27. The molecule has 7 heteroatoms. The van der Waals surface area contributed by atoms with Crippen LogP contribution in [0.5, 0.6) is 0 Å². The van der Waals surface area contributed by atoms with Crippen LogP contribution in [0, 0.1) is 5.92 Å². The lowest BCUT2D eigenvalue weighted by Gasteiger charge is -2.26. The first-order valence-corrected chi connectivity index (χ1v) is 10.7. The maximum Gasteiger partial charge on any atom is 0.341 e. The Kier molecular flexibility index (Phi) is 6.68. The van der Waals surface area contributed by atoms with Gasteiger partial charge in [0.25, 0.3) is 5.91 Å². The Hall–Kier alpha value is -1.70. The summed E-state index contributed by atoms with van der Waals surface area (Å²) in [6.07, 6.45) is 2.30. The maximum atomic E-state index is 12.6. The van der Waals surface area contributed by atoms with E-state index in [0.717, 1.165) is 46.8 Å². The van der Waals surface area contributed by atoms with Gasteiger partial charge in [0.2, 0.25) is 0 Å². The van der Waals surface area contributed by atoms with Crippen LogP contribution in [0.15, 0.2) is 34.1 Å². The molecule has 0 bridgehead atoms. The van der Waals surface area contributed by atoms with E-state index in [9.17, 15) is 9.59 Å². The van der Waals surface area contributed by atoms with Crippen molar-refractivity contribution in [1.29, 1.82) is 0 Å². The van der Waals surface area contributed by atoms with Crippen molar-refractivity contribution < 1.29 is 19.2 Å². The van der Waals surface area contributed by atoms with Gasteiger partial charge < -0.3 is 15.0 Å². The molecule has 1 saturated heterocycles. The van der Waals surface area contributed by atoms with Crippen molar-refractivity contribution in [2.24, 2.45) is 5.92 Å². The molecule has 27 heavy (non-hydrogen) atoms. The third-order valence-electron chi connectivity index (χ3n) is 4.96. The first-order valence-electron chi connectivity index (χ1n) is 9.09. The van der Waals surface area contributed by atoms with E-state index in [2.05, 4.69) is 28.2 Å². The first kappa shape index (κ1) is 20.0. The number of halogens is 1. The van der Waals surface area contributed by atoms with Crippen molar-refractivity contribution in [1.82, 2.24) is 0 Å². The first-order chi connectivity index (χ1) is 13.0. The molecule has 1 aliphatic rings. The number of carbonyl (C=O) groups is 2. The van der Waals surface area contributed by atoms with E-state index < -0.39 is 5.97 Å². The molecule has 5 nitrogen and oxygen atoms in total. The second-order valence-corrected chi connectivity index (χ2v) is 9.31. The highest BCUT2D eigenvalue weighted by Crippen LogP contribution is 2.43. The summed E-state index contributed by atoms with van der Waals surface area (Å²) in [5.41, 5.74) is 2.05. The Bertz CT molecular complexity index is 814. The van der Waals surface area contributed by atoms with Crippen LogP contribution in [0.3, 0.4) is 0 Å². The fourth-order valence-corrected chi connectivity index (χ4v) is 5.26. The number of hydrogen-bond donors (Lipinski definition) is 2. The molecule has 0 atom stereocenters. The molecule has 144 valence electrons.